The van der Waals surface area contributed by atoms with Gasteiger partial charge in [-0.25, -0.2) is 0 Å². The van der Waals surface area contributed by atoms with Gasteiger partial charge in [0.25, 0.3) is 0 Å². The van der Waals surface area contributed by atoms with Crippen LogP contribution in [0, 0.1) is 5.92 Å². The van der Waals surface area contributed by atoms with E-state index in [-0.39, 0.29) is 24.0 Å². The van der Waals surface area contributed by atoms with Crippen LogP contribution in [0.15, 0.2) is 29.3 Å². The zero-order chi connectivity index (χ0) is 19.9. The van der Waals surface area contributed by atoms with Crippen LogP contribution < -0.4 is 15.4 Å². The first-order chi connectivity index (χ1) is 13.0. The Balaban J connectivity index is 0.00000729. The number of guanidine groups is 1. The van der Waals surface area contributed by atoms with Gasteiger partial charge in [-0.1, -0.05) is 26.0 Å². The third-order valence-electron chi connectivity index (χ3n) is 3.83. The standard InChI is InChI=1S/C21H38N4O2.HI/c1-18(2)17-26-14-6-12-23-21(22-3)24-16-19-8-10-20(11-9-19)27-15-7-13-25(4)5;/h8-11,18H,6-7,12-17H2,1-5H3,(H2,22,23,24);1H. The summed E-state index contributed by atoms with van der Waals surface area (Å²) in [4.78, 5) is 6.42. The number of hydrogen-bond acceptors (Lipinski definition) is 4. The van der Waals surface area contributed by atoms with Gasteiger partial charge in [0.1, 0.15) is 5.75 Å². The molecule has 0 aromatic heterocycles. The summed E-state index contributed by atoms with van der Waals surface area (Å²) in [5.41, 5.74) is 1.19. The van der Waals surface area contributed by atoms with E-state index in [1.54, 1.807) is 7.05 Å². The second kappa shape index (κ2) is 16.9. The molecule has 7 heteroatoms. The average Bonchev–Trinajstić information content (AvgIpc) is 2.64. The van der Waals surface area contributed by atoms with E-state index in [2.05, 4.69) is 60.6 Å². The molecule has 0 saturated heterocycles. The van der Waals surface area contributed by atoms with Crippen LogP contribution in [0.1, 0.15) is 32.3 Å². The van der Waals surface area contributed by atoms with Gasteiger partial charge in [0.15, 0.2) is 5.96 Å². The van der Waals surface area contributed by atoms with Gasteiger partial charge in [-0.3, -0.25) is 4.99 Å². The van der Waals surface area contributed by atoms with Gasteiger partial charge >= 0.3 is 0 Å². The molecule has 162 valence electrons. The Morgan fingerprint density at radius 3 is 2.39 bits per heavy atom. The van der Waals surface area contributed by atoms with Crippen LogP contribution in [-0.2, 0) is 11.3 Å². The predicted octanol–water partition coefficient (Wildman–Crippen LogP) is 3.36. The Kier molecular flexibility index (Phi) is 16.2. The fourth-order valence-electron chi connectivity index (χ4n) is 2.38. The van der Waals surface area contributed by atoms with Crippen molar-refractivity contribution >= 4 is 29.9 Å². The number of nitrogens with zero attached hydrogens (tertiary/aromatic N) is 2. The first-order valence-corrected chi connectivity index (χ1v) is 9.90. The highest BCUT2D eigenvalue weighted by Gasteiger charge is 2.00. The maximum Gasteiger partial charge on any atom is 0.191 e. The lowest BCUT2D eigenvalue weighted by atomic mass is 10.2. The zero-order valence-electron chi connectivity index (χ0n) is 18.2. The summed E-state index contributed by atoms with van der Waals surface area (Å²) in [5, 5.41) is 6.64. The molecule has 1 aromatic rings. The minimum atomic E-state index is 0. The van der Waals surface area contributed by atoms with Crippen molar-refractivity contribution in [2.45, 2.75) is 33.2 Å². The van der Waals surface area contributed by atoms with Crippen LogP contribution in [0.25, 0.3) is 0 Å². The maximum atomic E-state index is 5.76. The number of benzene rings is 1. The molecule has 0 spiro atoms. The molecular formula is C21H39IN4O2. The number of aliphatic imine (C=N–C) groups is 1. The van der Waals surface area contributed by atoms with E-state index < -0.39 is 0 Å². The van der Waals surface area contributed by atoms with E-state index in [1.807, 2.05) is 12.1 Å². The quantitative estimate of drug-likeness (QED) is 0.186. The Morgan fingerprint density at radius 2 is 1.79 bits per heavy atom. The highest BCUT2D eigenvalue weighted by Crippen LogP contribution is 2.12. The van der Waals surface area contributed by atoms with Crippen molar-refractivity contribution in [2.75, 3.05) is 54.1 Å². The molecule has 0 saturated carbocycles. The largest absolute Gasteiger partial charge is 0.494 e. The Morgan fingerprint density at radius 1 is 1.07 bits per heavy atom. The lowest BCUT2D eigenvalue weighted by Gasteiger charge is -2.13. The van der Waals surface area contributed by atoms with E-state index in [0.29, 0.717) is 5.92 Å². The van der Waals surface area contributed by atoms with Gasteiger partial charge in [0.2, 0.25) is 0 Å². The summed E-state index contributed by atoms with van der Waals surface area (Å²) >= 11 is 0. The summed E-state index contributed by atoms with van der Waals surface area (Å²) < 4.78 is 11.3. The highest BCUT2D eigenvalue weighted by molar-refractivity contribution is 14.0. The van der Waals surface area contributed by atoms with Gasteiger partial charge < -0.3 is 25.0 Å². The number of halogens is 1. The molecule has 28 heavy (non-hydrogen) atoms. The Hall–Kier alpha value is -1.06. The van der Waals surface area contributed by atoms with E-state index in [4.69, 9.17) is 9.47 Å². The fourth-order valence-corrected chi connectivity index (χ4v) is 2.38. The molecule has 0 radical (unpaired) electrons. The Bertz CT molecular complexity index is 522. The maximum absolute atomic E-state index is 5.76. The van der Waals surface area contributed by atoms with Crippen LogP contribution in [-0.4, -0.2) is 64.9 Å². The molecule has 0 fully saturated rings. The first kappa shape index (κ1) is 26.9. The number of hydrogen-bond donors (Lipinski definition) is 2. The third-order valence-corrected chi connectivity index (χ3v) is 3.83. The first-order valence-electron chi connectivity index (χ1n) is 9.90. The molecule has 0 atom stereocenters. The van der Waals surface area contributed by atoms with Gasteiger partial charge in [-0.2, -0.15) is 0 Å². The second-order valence-electron chi connectivity index (χ2n) is 7.32. The lowest BCUT2D eigenvalue weighted by Crippen LogP contribution is -2.37. The van der Waals surface area contributed by atoms with Crippen molar-refractivity contribution < 1.29 is 9.47 Å². The summed E-state index contributed by atoms with van der Waals surface area (Å²) in [6, 6.07) is 8.21. The van der Waals surface area contributed by atoms with Crippen molar-refractivity contribution in [2.24, 2.45) is 10.9 Å². The average molecular weight is 506 g/mol. The van der Waals surface area contributed by atoms with Crippen LogP contribution in [0.3, 0.4) is 0 Å². The summed E-state index contributed by atoms with van der Waals surface area (Å²) in [6.45, 7) is 9.27. The van der Waals surface area contributed by atoms with Crippen molar-refractivity contribution in [1.82, 2.24) is 15.5 Å². The molecule has 0 unspecified atom stereocenters. The van der Waals surface area contributed by atoms with Crippen LogP contribution >= 0.6 is 24.0 Å². The molecule has 1 aromatic carbocycles. The molecule has 0 aliphatic carbocycles. The van der Waals surface area contributed by atoms with Crippen LogP contribution in [0.4, 0.5) is 0 Å². The van der Waals surface area contributed by atoms with Crippen molar-refractivity contribution in [3.05, 3.63) is 29.8 Å². The minimum Gasteiger partial charge on any atom is -0.494 e. The van der Waals surface area contributed by atoms with Crippen molar-refractivity contribution in [3.8, 4) is 5.75 Å². The molecular weight excluding hydrogens is 467 g/mol. The van der Waals surface area contributed by atoms with Crippen LogP contribution in [0.2, 0.25) is 0 Å². The summed E-state index contributed by atoms with van der Waals surface area (Å²) in [5.74, 6) is 2.31. The van der Waals surface area contributed by atoms with Crippen LogP contribution in [0.5, 0.6) is 5.75 Å². The number of ether oxygens (including phenoxy) is 2. The Labute approximate surface area is 188 Å². The van der Waals surface area contributed by atoms with Gasteiger partial charge in [0, 0.05) is 39.9 Å². The lowest BCUT2D eigenvalue weighted by molar-refractivity contribution is 0.108. The van der Waals surface area contributed by atoms with E-state index >= 15 is 0 Å². The number of rotatable bonds is 13. The van der Waals surface area contributed by atoms with Crippen molar-refractivity contribution in [3.63, 3.8) is 0 Å². The molecule has 0 bridgehead atoms. The fraction of sp³-hybridized carbons (Fsp3) is 0.667. The molecule has 0 heterocycles. The number of nitrogens with one attached hydrogen (secondary N) is 2. The summed E-state index contributed by atoms with van der Waals surface area (Å²) in [6.07, 6.45) is 1.99. The molecule has 1 rings (SSSR count). The van der Waals surface area contributed by atoms with E-state index in [9.17, 15) is 0 Å². The van der Waals surface area contributed by atoms with Gasteiger partial charge in [-0.05, 0) is 50.6 Å². The van der Waals surface area contributed by atoms with Gasteiger partial charge in [-0.15, -0.1) is 24.0 Å². The van der Waals surface area contributed by atoms with E-state index in [1.165, 1.54) is 5.56 Å². The topological polar surface area (TPSA) is 58.1 Å². The normalized spacial score (nSPS) is 11.5. The smallest absolute Gasteiger partial charge is 0.191 e. The van der Waals surface area contributed by atoms with E-state index in [0.717, 1.165) is 64.0 Å². The summed E-state index contributed by atoms with van der Waals surface area (Å²) in [7, 11) is 5.94. The molecule has 0 amide bonds. The highest BCUT2D eigenvalue weighted by atomic mass is 127. The molecule has 0 aliphatic rings. The molecule has 0 aliphatic heterocycles. The van der Waals surface area contributed by atoms with Gasteiger partial charge in [0.05, 0.1) is 6.61 Å². The molecule has 6 nitrogen and oxygen atoms in total. The molecule has 2 N–H and O–H groups in total. The monoisotopic (exact) mass is 506 g/mol. The zero-order valence-corrected chi connectivity index (χ0v) is 20.5. The third kappa shape index (κ3) is 14.0. The second-order valence-corrected chi connectivity index (χ2v) is 7.32. The minimum absolute atomic E-state index is 0. The van der Waals surface area contributed by atoms with Crippen molar-refractivity contribution in [1.29, 1.82) is 0 Å². The predicted molar refractivity (Wildman–Crippen MR) is 129 cm³/mol. The SMILES string of the molecule is CN=C(NCCCOCC(C)C)NCc1ccc(OCCCN(C)C)cc1.I.